The first kappa shape index (κ1) is 13.3. The van der Waals surface area contributed by atoms with Gasteiger partial charge >= 0.3 is 0 Å². The Morgan fingerprint density at radius 2 is 1.83 bits per heavy atom. The van der Waals surface area contributed by atoms with Gasteiger partial charge in [-0.05, 0) is 18.4 Å². The molecule has 0 saturated heterocycles. The number of nitrogens with one attached hydrogen (secondary N) is 1. The molecule has 1 N–H and O–H groups in total. The van der Waals surface area contributed by atoms with Gasteiger partial charge in [-0.25, -0.2) is 13.1 Å². The summed E-state index contributed by atoms with van der Waals surface area (Å²) in [6.45, 7) is 1.96. The number of benzene rings is 2. The van der Waals surface area contributed by atoms with E-state index in [1.54, 1.807) is 25.1 Å². The number of hydrogen-bond acceptors (Lipinski definition) is 2. The number of halogens is 1. The molecule has 2 aromatic carbocycles. The van der Waals surface area contributed by atoms with Crippen LogP contribution in [0.5, 0.6) is 0 Å². The summed E-state index contributed by atoms with van der Waals surface area (Å²) in [6.07, 6.45) is 0. The maximum atomic E-state index is 12.2. The standard InChI is InChI=1S/C13H14ClNO2S/c1-10(14)9-15-18(16,17)13-8-4-6-11-5-2-3-7-12(11)13/h2-8,10,15H,9H2,1H3. The van der Waals surface area contributed by atoms with E-state index in [1.807, 2.05) is 24.3 Å². The van der Waals surface area contributed by atoms with E-state index in [1.165, 1.54) is 0 Å². The second kappa shape index (κ2) is 5.26. The second-order valence-electron chi connectivity index (χ2n) is 4.11. The van der Waals surface area contributed by atoms with Gasteiger partial charge in [-0.1, -0.05) is 36.4 Å². The predicted molar refractivity (Wildman–Crippen MR) is 74.5 cm³/mol. The van der Waals surface area contributed by atoms with Gasteiger partial charge in [0.1, 0.15) is 0 Å². The minimum Gasteiger partial charge on any atom is -0.210 e. The van der Waals surface area contributed by atoms with Crippen molar-refractivity contribution in [1.82, 2.24) is 4.72 Å². The molecule has 0 heterocycles. The van der Waals surface area contributed by atoms with Gasteiger partial charge in [0.25, 0.3) is 0 Å². The highest BCUT2D eigenvalue weighted by molar-refractivity contribution is 7.89. The van der Waals surface area contributed by atoms with Crippen molar-refractivity contribution in [2.45, 2.75) is 17.2 Å². The number of alkyl halides is 1. The van der Waals surface area contributed by atoms with Crippen molar-refractivity contribution in [3.63, 3.8) is 0 Å². The van der Waals surface area contributed by atoms with Crippen LogP contribution in [0.2, 0.25) is 0 Å². The minimum atomic E-state index is -3.52. The summed E-state index contributed by atoms with van der Waals surface area (Å²) in [7, 11) is -3.52. The molecule has 0 bridgehead atoms. The number of rotatable bonds is 4. The van der Waals surface area contributed by atoms with Crippen molar-refractivity contribution < 1.29 is 8.42 Å². The van der Waals surface area contributed by atoms with E-state index in [2.05, 4.69) is 4.72 Å². The molecule has 0 spiro atoms. The van der Waals surface area contributed by atoms with Crippen molar-refractivity contribution in [2.75, 3.05) is 6.54 Å². The smallest absolute Gasteiger partial charge is 0.210 e. The molecule has 1 atom stereocenters. The fraction of sp³-hybridized carbons (Fsp3) is 0.231. The van der Waals surface area contributed by atoms with Crippen LogP contribution in [-0.4, -0.2) is 20.3 Å². The van der Waals surface area contributed by atoms with Crippen LogP contribution in [-0.2, 0) is 10.0 Å². The summed E-state index contributed by atoms with van der Waals surface area (Å²) < 4.78 is 26.9. The molecule has 0 aliphatic heterocycles. The molecule has 0 amide bonds. The molecule has 0 saturated carbocycles. The van der Waals surface area contributed by atoms with E-state index < -0.39 is 10.0 Å². The lowest BCUT2D eigenvalue weighted by molar-refractivity contribution is 0.582. The fourth-order valence-corrected chi connectivity index (χ4v) is 3.26. The molecule has 18 heavy (non-hydrogen) atoms. The SMILES string of the molecule is CC(Cl)CNS(=O)(=O)c1cccc2ccccc12. The largest absolute Gasteiger partial charge is 0.241 e. The minimum absolute atomic E-state index is 0.215. The molecule has 0 radical (unpaired) electrons. The molecule has 1 unspecified atom stereocenters. The summed E-state index contributed by atoms with van der Waals surface area (Å²) in [5.41, 5.74) is 0. The van der Waals surface area contributed by atoms with Gasteiger partial charge in [-0.15, -0.1) is 11.6 Å². The molecule has 0 aliphatic carbocycles. The van der Waals surface area contributed by atoms with Gasteiger partial charge < -0.3 is 0 Å². The number of sulfonamides is 1. The molecule has 0 fully saturated rings. The highest BCUT2D eigenvalue weighted by atomic mass is 35.5. The second-order valence-corrected chi connectivity index (χ2v) is 6.59. The van der Waals surface area contributed by atoms with Crippen LogP contribution in [0, 0.1) is 0 Å². The van der Waals surface area contributed by atoms with Crippen molar-refractivity contribution >= 4 is 32.4 Å². The Morgan fingerprint density at radius 1 is 1.17 bits per heavy atom. The summed E-state index contributed by atoms with van der Waals surface area (Å²) in [4.78, 5) is 0.290. The Bertz CT molecular complexity index is 648. The first-order valence-corrected chi connectivity index (χ1v) is 7.54. The van der Waals surface area contributed by atoms with Crippen LogP contribution in [0.1, 0.15) is 6.92 Å². The molecule has 2 rings (SSSR count). The quantitative estimate of drug-likeness (QED) is 0.877. The Morgan fingerprint density at radius 3 is 2.56 bits per heavy atom. The van der Waals surface area contributed by atoms with Gasteiger partial charge in [-0.2, -0.15) is 0 Å². The summed E-state index contributed by atoms with van der Waals surface area (Å²) in [6, 6.07) is 12.6. The third-order valence-corrected chi connectivity index (χ3v) is 4.23. The average Bonchev–Trinajstić information content (AvgIpc) is 2.36. The molecule has 5 heteroatoms. The fourth-order valence-electron chi connectivity index (χ4n) is 1.73. The maximum Gasteiger partial charge on any atom is 0.241 e. The van der Waals surface area contributed by atoms with Gasteiger partial charge in [0.15, 0.2) is 0 Å². The zero-order chi connectivity index (χ0) is 13.2. The monoisotopic (exact) mass is 283 g/mol. The molecule has 3 nitrogen and oxygen atoms in total. The zero-order valence-electron chi connectivity index (χ0n) is 9.93. The summed E-state index contributed by atoms with van der Waals surface area (Å²) in [5.74, 6) is 0. The van der Waals surface area contributed by atoms with Crippen LogP contribution in [0.25, 0.3) is 10.8 Å². The van der Waals surface area contributed by atoms with Gasteiger partial charge in [0.05, 0.1) is 4.90 Å². The predicted octanol–water partition coefficient (Wildman–Crippen LogP) is 2.75. The molecule has 0 aromatic heterocycles. The van der Waals surface area contributed by atoms with E-state index in [0.29, 0.717) is 0 Å². The Kier molecular flexibility index (Phi) is 3.90. The van der Waals surface area contributed by atoms with Gasteiger partial charge in [0, 0.05) is 17.3 Å². The number of hydrogen-bond donors (Lipinski definition) is 1. The third kappa shape index (κ3) is 2.83. The Hall–Kier alpha value is -1.10. The van der Waals surface area contributed by atoms with E-state index in [9.17, 15) is 8.42 Å². The van der Waals surface area contributed by atoms with Crippen molar-refractivity contribution in [3.8, 4) is 0 Å². The number of fused-ring (bicyclic) bond motifs is 1. The van der Waals surface area contributed by atoms with E-state index in [0.717, 1.165) is 10.8 Å². The lowest BCUT2D eigenvalue weighted by Crippen LogP contribution is -2.28. The Labute approximate surface area is 112 Å². The van der Waals surface area contributed by atoms with Crippen molar-refractivity contribution in [1.29, 1.82) is 0 Å². The highest BCUT2D eigenvalue weighted by Gasteiger charge is 2.17. The van der Waals surface area contributed by atoms with Crippen molar-refractivity contribution in [2.24, 2.45) is 0 Å². The molecular weight excluding hydrogens is 270 g/mol. The van der Waals surface area contributed by atoms with E-state index in [-0.39, 0.29) is 16.8 Å². The normalized spacial score (nSPS) is 13.7. The molecule has 96 valence electrons. The average molecular weight is 284 g/mol. The van der Waals surface area contributed by atoms with Crippen LogP contribution >= 0.6 is 11.6 Å². The van der Waals surface area contributed by atoms with Crippen LogP contribution in [0.15, 0.2) is 47.4 Å². The van der Waals surface area contributed by atoms with Gasteiger partial charge in [-0.3, -0.25) is 0 Å². The van der Waals surface area contributed by atoms with Crippen molar-refractivity contribution in [3.05, 3.63) is 42.5 Å². The maximum absolute atomic E-state index is 12.2. The topological polar surface area (TPSA) is 46.2 Å². The van der Waals surface area contributed by atoms with Gasteiger partial charge in [0.2, 0.25) is 10.0 Å². The van der Waals surface area contributed by atoms with Crippen LogP contribution in [0.4, 0.5) is 0 Å². The third-order valence-electron chi connectivity index (χ3n) is 2.59. The van der Waals surface area contributed by atoms with E-state index >= 15 is 0 Å². The van der Waals surface area contributed by atoms with Crippen LogP contribution < -0.4 is 4.72 Å². The van der Waals surface area contributed by atoms with E-state index in [4.69, 9.17) is 11.6 Å². The zero-order valence-corrected chi connectivity index (χ0v) is 11.5. The first-order valence-electron chi connectivity index (χ1n) is 5.62. The lowest BCUT2D eigenvalue weighted by atomic mass is 10.1. The van der Waals surface area contributed by atoms with Crippen LogP contribution in [0.3, 0.4) is 0 Å². The lowest BCUT2D eigenvalue weighted by Gasteiger charge is -2.10. The molecular formula is C13H14ClNO2S. The molecule has 2 aromatic rings. The first-order chi connectivity index (χ1) is 8.50. The highest BCUT2D eigenvalue weighted by Crippen LogP contribution is 2.22. The summed E-state index contributed by atoms with van der Waals surface area (Å²) in [5, 5.41) is 1.38. The Balaban J connectivity index is 2.47. The molecule has 0 aliphatic rings. The summed E-state index contributed by atoms with van der Waals surface area (Å²) >= 11 is 5.76.